The summed E-state index contributed by atoms with van der Waals surface area (Å²) in [4.78, 5) is 14.5. The molecule has 0 aliphatic rings. The van der Waals surface area contributed by atoms with Gasteiger partial charge in [-0.15, -0.1) is 0 Å². The van der Waals surface area contributed by atoms with Crippen LogP contribution >= 0.6 is 0 Å². The third kappa shape index (κ3) is 6.67. The molecule has 0 heterocycles. The van der Waals surface area contributed by atoms with E-state index >= 15 is 0 Å². The Morgan fingerprint density at radius 3 is 2.27 bits per heavy atom. The highest BCUT2D eigenvalue weighted by Crippen LogP contribution is 2.29. The lowest BCUT2D eigenvalue weighted by atomic mass is 10.2. The third-order valence-corrected chi connectivity index (χ3v) is 3.92. The predicted molar refractivity (Wildman–Crippen MR) is 103 cm³/mol. The highest BCUT2D eigenvalue weighted by Gasteiger charge is 2.13. The highest BCUT2D eigenvalue weighted by molar-refractivity contribution is 6.06. The molecule has 1 N–H and O–H groups in total. The Morgan fingerprint density at radius 2 is 1.77 bits per heavy atom. The van der Waals surface area contributed by atoms with Gasteiger partial charge in [-0.1, -0.05) is 26.7 Å². The molecule has 0 bridgehead atoms. The number of carbonyl (C=O) groups excluding carboxylic acids is 1. The number of rotatable bonds is 11. The Labute approximate surface area is 156 Å². The molecule has 0 spiro atoms. The Kier molecular flexibility index (Phi) is 9.70. The van der Waals surface area contributed by atoms with E-state index in [1.54, 1.807) is 31.5 Å². The fraction of sp³-hybridized carbons (Fsp3) is 0.500. The van der Waals surface area contributed by atoms with E-state index < -0.39 is 5.91 Å². The maximum atomic E-state index is 12.5. The summed E-state index contributed by atoms with van der Waals surface area (Å²) in [5, 5.41) is 12.2. The van der Waals surface area contributed by atoms with Gasteiger partial charge in [-0.3, -0.25) is 4.79 Å². The van der Waals surface area contributed by atoms with Crippen LogP contribution in [0.25, 0.3) is 0 Å². The van der Waals surface area contributed by atoms with Crippen molar-refractivity contribution in [3.8, 4) is 17.6 Å². The molecule has 1 aromatic rings. The summed E-state index contributed by atoms with van der Waals surface area (Å²) in [5.74, 6) is 0.657. The minimum atomic E-state index is -0.433. The summed E-state index contributed by atoms with van der Waals surface area (Å²) in [5.41, 5.74) is 0.634. The van der Waals surface area contributed by atoms with Gasteiger partial charge in [0, 0.05) is 31.0 Å². The van der Waals surface area contributed by atoms with E-state index in [1.807, 2.05) is 6.07 Å². The van der Waals surface area contributed by atoms with Gasteiger partial charge in [-0.05, 0) is 25.0 Å². The van der Waals surface area contributed by atoms with Crippen molar-refractivity contribution in [1.82, 2.24) is 4.90 Å². The summed E-state index contributed by atoms with van der Waals surface area (Å²) >= 11 is 0. The van der Waals surface area contributed by atoms with Crippen LogP contribution in [0.5, 0.6) is 11.5 Å². The first kappa shape index (κ1) is 21.4. The van der Waals surface area contributed by atoms with E-state index in [1.165, 1.54) is 7.11 Å². The van der Waals surface area contributed by atoms with Crippen molar-refractivity contribution in [2.45, 2.75) is 39.5 Å². The lowest BCUT2D eigenvalue weighted by molar-refractivity contribution is -0.112. The van der Waals surface area contributed by atoms with Crippen LogP contribution in [0.1, 0.15) is 39.5 Å². The van der Waals surface area contributed by atoms with Gasteiger partial charge in [0.05, 0.1) is 14.2 Å². The molecule has 1 amide bonds. The van der Waals surface area contributed by atoms with Gasteiger partial charge in [0.15, 0.2) is 11.5 Å². The van der Waals surface area contributed by atoms with Crippen LogP contribution in [-0.4, -0.2) is 38.1 Å². The summed E-state index contributed by atoms with van der Waals surface area (Å²) in [6.45, 7) is 5.92. The molecule has 0 fully saturated rings. The molecule has 142 valence electrons. The second kappa shape index (κ2) is 11.8. The molecule has 0 radical (unpaired) electrons. The molecule has 0 aliphatic heterocycles. The first-order chi connectivity index (χ1) is 12.6. The predicted octanol–water partition coefficient (Wildman–Crippen LogP) is 3.95. The fourth-order valence-electron chi connectivity index (χ4n) is 2.40. The summed E-state index contributed by atoms with van der Waals surface area (Å²) in [6.07, 6.45) is 5.85. The van der Waals surface area contributed by atoms with E-state index in [4.69, 9.17) is 9.47 Å². The standard InChI is InChI=1S/C20H29N3O3/c1-5-7-11-23(12-8-6-2)15-16(14-21)20(24)22-17-9-10-18(25-3)19(13-17)26-4/h9-10,13,15H,5-8,11-12H2,1-4H3,(H,22,24)/b16-15-. The smallest absolute Gasteiger partial charge is 0.267 e. The normalized spacial score (nSPS) is 10.8. The van der Waals surface area contributed by atoms with Crippen molar-refractivity contribution in [3.63, 3.8) is 0 Å². The monoisotopic (exact) mass is 359 g/mol. The molecule has 0 atom stereocenters. The number of nitrogens with one attached hydrogen (secondary N) is 1. The molecule has 0 aromatic heterocycles. The molecule has 6 heteroatoms. The van der Waals surface area contributed by atoms with Crippen LogP contribution in [-0.2, 0) is 4.79 Å². The molecule has 0 aliphatic carbocycles. The molecular formula is C20H29N3O3. The number of amides is 1. The number of anilines is 1. The number of unbranched alkanes of at least 4 members (excludes halogenated alkanes) is 2. The van der Waals surface area contributed by atoms with Gasteiger partial charge in [-0.2, -0.15) is 5.26 Å². The van der Waals surface area contributed by atoms with Crippen LogP contribution in [0.15, 0.2) is 30.0 Å². The number of carbonyl (C=O) groups is 1. The Balaban J connectivity index is 2.91. The van der Waals surface area contributed by atoms with Gasteiger partial charge in [0.2, 0.25) is 0 Å². The average Bonchev–Trinajstić information content (AvgIpc) is 2.67. The van der Waals surface area contributed by atoms with Crippen molar-refractivity contribution < 1.29 is 14.3 Å². The molecule has 0 unspecified atom stereocenters. The van der Waals surface area contributed by atoms with Crippen LogP contribution in [0, 0.1) is 11.3 Å². The van der Waals surface area contributed by atoms with Gasteiger partial charge in [0.1, 0.15) is 11.6 Å². The van der Waals surface area contributed by atoms with Crippen LogP contribution < -0.4 is 14.8 Å². The summed E-state index contributed by atoms with van der Waals surface area (Å²) < 4.78 is 10.4. The maximum Gasteiger partial charge on any atom is 0.267 e. The van der Waals surface area contributed by atoms with E-state index in [2.05, 4.69) is 24.1 Å². The third-order valence-electron chi connectivity index (χ3n) is 3.92. The molecule has 6 nitrogen and oxygen atoms in total. The van der Waals surface area contributed by atoms with Gasteiger partial charge in [0.25, 0.3) is 5.91 Å². The zero-order valence-corrected chi connectivity index (χ0v) is 16.2. The molecule has 0 saturated heterocycles. The molecular weight excluding hydrogens is 330 g/mol. The number of nitrogens with zero attached hydrogens (tertiary/aromatic N) is 2. The molecule has 1 rings (SSSR count). The van der Waals surface area contributed by atoms with Gasteiger partial charge < -0.3 is 19.7 Å². The first-order valence-electron chi connectivity index (χ1n) is 8.98. The van der Waals surface area contributed by atoms with E-state index in [0.717, 1.165) is 38.8 Å². The van der Waals surface area contributed by atoms with E-state index in [-0.39, 0.29) is 5.57 Å². The zero-order chi connectivity index (χ0) is 19.4. The molecule has 0 saturated carbocycles. The summed E-state index contributed by atoms with van der Waals surface area (Å²) in [6, 6.07) is 7.09. The SMILES string of the molecule is CCCCN(/C=C(/C#N)C(=O)Nc1ccc(OC)c(OC)c1)CCCC. The average molecular weight is 359 g/mol. The van der Waals surface area contributed by atoms with Crippen LogP contribution in [0.2, 0.25) is 0 Å². The highest BCUT2D eigenvalue weighted by atomic mass is 16.5. The number of hydrogen-bond acceptors (Lipinski definition) is 5. The Morgan fingerprint density at radius 1 is 1.15 bits per heavy atom. The maximum absolute atomic E-state index is 12.5. The second-order valence-corrected chi connectivity index (χ2v) is 5.92. The van der Waals surface area contributed by atoms with Crippen LogP contribution in [0.4, 0.5) is 5.69 Å². The van der Waals surface area contributed by atoms with Crippen molar-refractivity contribution in [3.05, 3.63) is 30.0 Å². The first-order valence-corrected chi connectivity index (χ1v) is 8.98. The largest absolute Gasteiger partial charge is 0.493 e. The Hall–Kier alpha value is -2.68. The van der Waals surface area contributed by atoms with E-state index in [0.29, 0.717) is 17.2 Å². The van der Waals surface area contributed by atoms with Gasteiger partial charge in [-0.25, -0.2) is 0 Å². The second-order valence-electron chi connectivity index (χ2n) is 5.92. The van der Waals surface area contributed by atoms with Crippen molar-refractivity contribution >= 4 is 11.6 Å². The Bertz CT molecular complexity index is 642. The summed E-state index contributed by atoms with van der Waals surface area (Å²) in [7, 11) is 3.08. The number of hydrogen-bond donors (Lipinski definition) is 1. The number of methoxy groups -OCH3 is 2. The van der Waals surface area contributed by atoms with Crippen molar-refractivity contribution in [2.75, 3.05) is 32.6 Å². The fourth-order valence-corrected chi connectivity index (χ4v) is 2.40. The molecule has 1 aromatic carbocycles. The number of nitriles is 1. The number of ether oxygens (including phenoxy) is 2. The van der Waals surface area contributed by atoms with E-state index in [9.17, 15) is 10.1 Å². The minimum absolute atomic E-state index is 0.0898. The van der Waals surface area contributed by atoms with Crippen molar-refractivity contribution in [1.29, 1.82) is 5.26 Å². The lowest BCUT2D eigenvalue weighted by Crippen LogP contribution is -2.23. The minimum Gasteiger partial charge on any atom is -0.493 e. The topological polar surface area (TPSA) is 74.6 Å². The van der Waals surface area contributed by atoms with Crippen LogP contribution in [0.3, 0.4) is 0 Å². The quantitative estimate of drug-likeness (QED) is 0.478. The van der Waals surface area contributed by atoms with Crippen molar-refractivity contribution in [2.24, 2.45) is 0 Å². The lowest BCUT2D eigenvalue weighted by Gasteiger charge is -2.20. The molecule has 26 heavy (non-hydrogen) atoms. The zero-order valence-electron chi connectivity index (χ0n) is 16.2. The van der Waals surface area contributed by atoms with Gasteiger partial charge >= 0.3 is 0 Å². The number of benzene rings is 1.